The van der Waals surface area contributed by atoms with Crippen LogP contribution >= 0.6 is 0 Å². The van der Waals surface area contributed by atoms with E-state index < -0.39 is 15.1 Å². The van der Waals surface area contributed by atoms with Gasteiger partial charge in [-0.15, -0.1) is 0 Å². The van der Waals surface area contributed by atoms with Crippen molar-refractivity contribution in [3.8, 4) is 0 Å². The van der Waals surface area contributed by atoms with E-state index in [4.69, 9.17) is 5.73 Å². The number of nitrogens with two attached hydrogens (primary N) is 1. The summed E-state index contributed by atoms with van der Waals surface area (Å²) in [5, 5.41) is -0.409. The topological polar surface area (TPSA) is 60.2 Å². The van der Waals surface area contributed by atoms with Crippen LogP contribution in [0.2, 0.25) is 0 Å². The molecule has 0 bridgehead atoms. The summed E-state index contributed by atoms with van der Waals surface area (Å²) in [5.74, 6) is 0. The van der Waals surface area contributed by atoms with Crippen molar-refractivity contribution in [3.63, 3.8) is 0 Å². The van der Waals surface area contributed by atoms with E-state index in [1.807, 2.05) is 19.9 Å². The first kappa shape index (κ1) is 13.6. The highest BCUT2D eigenvalue weighted by atomic mass is 32.2. The van der Waals surface area contributed by atoms with E-state index in [9.17, 15) is 8.42 Å². The van der Waals surface area contributed by atoms with Crippen molar-refractivity contribution in [2.24, 2.45) is 5.73 Å². The molecule has 0 saturated heterocycles. The average Bonchev–Trinajstić information content (AvgIpc) is 2.33. The minimum Gasteiger partial charge on any atom is -0.327 e. The van der Waals surface area contributed by atoms with E-state index in [-0.39, 0.29) is 6.04 Å². The molecule has 0 spiro atoms. The van der Waals surface area contributed by atoms with E-state index in [2.05, 4.69) is 0 Å². The number of hydrogen-bond acceptors (Lipinski definition) is 3. The standard InChI is InChI=1S/C14H21NO2S/c1-10-7-8-12(9-11(10)2)18(16,17)14-6-4-3-5-13(14)15/h7-9,13-14H,3-6,15H2,1-2H3. The summed E-state index contributed by atoms with van der Waals surface area (Å²) in [6, 6.07) is 5.13. The van der Waals surface area contributed by atoms with Crippen molar-refractivity contribution in [1.29, 1.82) is 0 Å². The molecule has 0 radical (unpaired) electrons. The molecule has 1 aromatic carbocycles. The molecule has 3 nitrogen and oxygen atoms in total. The van der Waals surface area contributed by atoms with Crippen LogP contribution in [0.3, 0.4) is 0 Å². The number of benzene rings is 1. The van der Waals surface area contributed by atoms with Gasteiger partial charge in [0, 0.05) is 6.04 Å². The van der Waals surface area contributed by atoms with Crippen LogP contribution < -0.4 is 5.73 Å². The Hall–Kier alpha value is -0.870. The Balaban J connectivity index is 2.37. The second-order valence-electron chi connectivity index (χ2n) is 5.28. The second kappa shape index (κ2) is 5.02. The summed E-state index contributed by atoms with van der Waals surface area (Å²) >= 11 is 0. The van der Waals surface area contributed by atoms with E-state index in [0.717, 1.165) is 30.4 Å². The maximum absolute atomic E-state index is 12.6. The van der Waals surface area contributed by atoms with Crippen LogP contribution in [0.1, 0.15) is 36.8 Å². The lowest BCUT2D eigenvalue weighted by Crippen LogP contribution is -2.42. The van der Waals surface area contributed by atoms with E-state index in [1.165, 1.54) is 0 Å². The molecule has 1 saturated carbocycles. The third-order valence-corrected chi connectivity index (χ3v) is 6.25. The molecule has 4 heteroatoms. The summed E-state index contributed by atoms with van der Waals surface area (Å²) in [6.45, 7) is 3.92. The lowest BCUT2D eigenvalue weighted by molar-refractivity contribution is 0.432. The fraction of sp³-hybridized carbons (Fsp3) is 0.571. The van der Waals surface area contributed by atoms with Crippen LogP contribution in [-0.4, -0.2) is 19.7 Å². The largest absolute Gasteiger partial charge is 0.327 e. The van der Waals surface area contributed by atoms with Gasteiger partial charge >= 0.3 is 0 Å². The van der Waals surface area contributed by atoms with Crippen LogP contribution in [0.25, 0.3) is 0 Å². The molecular formula is C14H21NO2S. The van der Waals surface area contributed by atoms with Gasteiger partial charge < -0.3 is 5.73 Å². The van der Waals surface area contributed by atoms with Crippen LogP contribution in [0.15, 0.2) is 23.1 Å². The van der Waals surface area contributed by atoms with Crippen molar-refractivity contribution < 1.29 is 8.42 Å². The van der Waals surface area contributed by atoms with Gasteiger partial charge in [0.1, 0.15) is 0 Å². The zero-order chi connectivity index (χ0) is 13.3. The molecule has 2 N–H and O–H groups in total. The molecule has 0 heterocycles. The Morgan fingerprint density at radius 3 is 2.39 bits per heavy atom. The number of sulfone groups is 1. The highest BCUT2D eigenvalue weighted by Crippen LogP contribution is 2.28. The van der Waals surface area contributed by atoms with Gasteiger partial charge in [0.2, 0.25) is 0 Å². The molecule has 1 aromatic rings. The predicted molar refractivity (Wildman–Crippen MR) is 73.3 cm³/mol. The molecular weight excluding hydrogens is 246 g/mol. The lowest BCUT2D eigenvalue weighted by atomic mass is 9.96. The zero-order valence-electron chi connectivity index (χ0n) is 11.0. The number of hydrogen-bond donors (Lipinski definition) is 1. The maximum atomic E-state index is 12.6. The van der Waals surface area contributed by atoms with Crippen LogP contribution in [-0.2, 0) is 9.84 Å². The van der Waals surface area contributed by atoms with Crippen molar-refractivity contribution >= 4 is 9.84 Å². The zero-order valence-corrected chi connectivity index (χ0v) is 11.8. The van der Waals surface area contributed by atoms with Crippen molar-refractivity contribution in [3.05, 3.63) is 29.3 Å². The van der Waals surface area contributed by atoms with Gasteiger partial charge in [-0.2, -0.15) is 0 Å². The third-order valence-electron chi connectivity index (χ3n) is 3.96. The van der Waals surface area contributed by atoms with Gasteiger partial charge in [-0.05, 0) is 49.9 Å². The molecule has 0 aliphatic heterocycles. The summed E-state index contributed by atoms with van der Waals surface area (Å²) in [5.41, 5.74) is 8.12. The van der Waals surface area contributed by atoms with Crippen molar-refractivity contribution in [1.82, 2.24) is 0 Å². The molecule has 1 aliphatic rings. The molecule has 2 unspecified atom stereocenters. The minimum absolute atomic E-state index is 0.217. The highest BCUT2D eigenvalue weighted by molar-refractivity contribution is 7.92. The van der Waals surface area contributed by atoms with Gasteiger partial charge in [-0.25, -0.2) is 8.42 Å². The Morgan fingerprint density at radius 1 is 1.11 bits per heavy atom. The lowest BCUT2D eigenvalue weighted by Gasteiger charge is -2.28. The molecule has 2 rings (SSSR count). The van der Waals surface area contributed by atoms with Crippen LogP contribution in [0.5, 0.6) is 0 Å². The van der Waals surface area contributed by atoms with Crippen molar-refractivity contribution in [2.45, 2.75) is 55.7 Å². The van der Waals surface area contributed by atoms with Gasteiger partial charge in [-0.3, -0.25) is 0 Å². The number of rotatable bonds is 2. The summed E-state index contributed by atoms with van der Waals surface area (Å²) in [7, 11) is -3.28. The monoisotopic (exact) mass is 267 g/mol. The Labute approximate surface area is 109 Å². The van der Waals surface area contributed by atoms with Crippen LogP contribution in [0.4, 0.5) is 0 Å². The molecule has 1 fully saturated rings. The molecule has 0 amide bonds. The first-order valence-electron chi connectivity index (χ1n) is 6.49. The van der Waals surface area contributed by atoms with E-state index >= 15 is 0 Å². The summed E-state index contributed by atoms with van der Waals surface area (Å²) in [6.07, 6.45) is 3.51. The summed E-state index contributed by atoms with van der Waals surface area (Å²) in [4.78, 5) is 0.424. The van der Waals surface area contributed by atoms with Gasteiger partial charge in [0.25, 0.3) is 0 Å². The normalized spacial score (nSPS) is 25.1. The quantitative estimate of drug-likeness (QED) is 0.894. The first-order valence-corrected chi connectivity index (χ1v) is 8.04. The smallest absolute Gasteiger partial charge is 0.182 e. The summed E-state index contributed by atoms with van der Waals surface area (Å²) < 4.78 is 25.2. The van der Waals surface area contributed by atoms with Gasteiger partial charge in [0.05, 0.1) is 10.1 Å². The fourth-order valence-corrected chi connectivity index (χ4v) is 4.60. The van der Waals surface area contributed by atoms with Crippen molar-refractivity contribution in [2.75, 3.05) is 0 Å². The third kappa shape index (κ3) is 2.45. The molecule has 0 aromatic heterocycles. The predicted octanol–water partition coefficient (Wildman–Crippen LogP) is 2.35. The average molecular weight is 267 g/mol. The molecule has 100 valence electrons. The van der Waals surface area contributed by atoms with E-state index in [0.29, 0.717) is 11.3 Å². The van der Waals surface area contributed by atoms with Gasteiger partial charge in [-0.1, -0.05) is 18.9 Å². The number of aryl methyl sites for hydroxylation is 2. The van der Waals surface area contributed by atoms with Gasteiger partial charge in [0.15, 0.2) is 9.84 Å². The Bertz CT molecular complexity index is 537. The Morgan fingerprint density at radius 2 is 1.78 bits per heavy atom. The SMILES string of the molecule is Cc1ccc(S(=O)(=O)C2CCCCC2N)cc1C. The van der Waals surface area contributed by atoms with E-state index in [1.54, 1.807) is 12.1 Å². The minimum atomic E-state index is -3.28. The second-order valence-corrected chi connectivity index (χ2v) is 7.44. The van der Waals surface area contributed by atoms with Crippen LogP contribution in [0, 0.1) is 13.8 Å². The fourth-order valence-electron chi connectivity index (χ4n) is 2.58. The Kier molecular flexibility index (Phi) is 3.78. The first-order chi connectivity index (χ1) is 8.43. The molecule has 1 aliphatic carbocycles. The maximum Gasteiger partial charge on any atom is 0.182 e. The molecule has 18 heavy (non-hydrogen) atoms. The highest BCUT2D eigenvalue weighted by Gasteiger charge is 2.34. The molecule has 2 atom stereocenters.